The van der Waals surface area contributed by atoms with Gasteiger partial charge in [-0.25, -0.2) is 0 Å². The molecule has 7 heteroatoms. The first-order chi connectivity index (χ1) is 9.43. The third-order valence-electron chi connectivity index (χ3n) is 2.66. The molecule has 1 aromatic carbocycles. The van der Waals surface area contributed by atoms with Crippen LogP contribution < -0.4 is 10.1 Å². The summed E-state index contributed by atoms with van der Waals surface area (Å²) in [5, 5.41) is 22.6. The minimum atomic E-state index is -0.850. The van der Waals surface area contributed by atoms with Gasteiger partial charge in [0, 0.05) is 30.3 Å². The van der Waals surface area contributed by atoms with Gasteiger partial charge in [-0.1, -0.05) is 0 Å². The maximum absolute atomic E-state index is 10.8. The van der Waals surface area contributed by atoms with Crippen molar-refractivity contribution >= 4 is 17.3 Å². The summed E-state index contributed by atoms with van der Waals surface area (Å²) in [6.45, 7) is 3.93. The number of hydrogen-bond acceptors (Lipinski definition) is 5. The van der Waals surface area contributed by atoms with Crippen molar-refractivity contribution in [3.63, 3.8) is 0 Å². The van der Waals surface area contributed by atoms with E-state index < -0.39 is 10.9 Å². The maximum atomic E-state index is 10.8. The highest BCUT2D eigenvalue weighted by Gasteiger charge is 2.16. The molecule has 0 aliphatic heterocycles. The van der Waals surface area contributed by atoms with Gasteiger partial charge in [0.05, 0.1) is 11.5 Å². The van der Waals surface area contributed by atoms with Crippen LogP contribution in [0.3, 0.4) is 0 Å². The highest BCUT2D eigenvalue weighted by atomic mass is 16.6. The van der Waals surface area contributed by atoms with Gasteiger partial charge in [-0.2, -0.15) is 0 Å². The van der Waals surface area contributed by atoms with Gasteiger partial charge in [-0.3, -0.25) is 14.9 Å². The van der Waals surface area contributed by atoms with E-state index in [0.717, 1.165) is 0 Å². The molecule has 20 heavy (non-hydrogen) atoms. The molecule has 0 aliphatic carbocycles. The topological polar surface area (TPSA) is 102 Å². The SMILES string of the molecule is CCOc1cc(NC(C)CCC(=O)O)ccc1[N+](=O)[O-]. The smallest absolute Gasteiger partial charge is 0.311 e. The van der Waals surface area contributed by atoms with Crippen molar-refractivity contribution in [2.45, 2.75) is 32.7 Å². The Morgan fingerprint density at radius 2 is 2.25 bits per heavy atom. The Morgan fingerprint density at radius 1 is 1.55 bits per heavy atom. The quantitative estimate of drug-likeness (QED) is 0.561. The molecule has 0 saturated carbocycles. The number of rotatable bonds is 8. The Labute approximate surface area is 116 Å². The van der Waals surface area contributed by atoms with Crippen LogP contribution >= 0.6 is 0 Å². The minimum Gasteiger partial charge on any atom is -0.487 e. The number of anilines is 1. The number of nitrogens with one attached hydrogen (secondary N) is 1. The molecule has 0 aromatic heterocycles. The van der Waals surface area contributed by atoms with Crippen molar-refractivity contribution in [2.75, 3.05) is 11.9 Å². The normalized spacial score (nSPS) is 11.7. The predicted octanol–water partition coefficient (Wildman–Crippen LogP) is 2.66. The Bertz CT molecular complexity index is 490. The van der Waals surface area contributed by atoms with E-state index >= 15 is 0 Å². The van der Waals surface area contributed by atoms with Gasteiger partial charge >= 0.3 is 11.7 Å². The molecule has 0 amide bonds. The molecule has 0 spiro atoms. The number of carboxylic acids is 1. The summed E-state index contributed by atoms with van der Waals surface area (Å²) < 4.78 is 5.24. The standard InChI is InChI=1S/C13H18N2O5/c1-3-20-12-8-10(5-6-11(12)15(18)19)14-9(2)4-7-13(16)17/h5-6,8-9,14H,3-4,7H2,1-2H3,(H,16,17). The predicted molar refractivity (Wildman–Crippen MR) is 74.2 cm³/mol. The van der Waals surface area contributed by atoms with Gasteiger partial charge in [0.15, 0.2) is 5.75 Å². The lowest BCUT2D eigenvalue weighted by Crippen LogP contribution is -2.16. The number of ether oxygens (including phenoxy) is 1. The van der Waals surface area contributed by atoms with Crippen molar-refractivity contribution in [1.82, 2.24) is 0 Å². The first-order valence-electron chi connectivity index (χ1n) is 6.33. The molecule has 1 aromatic rings. The minimum absolute atomic E-state index is 0.0537. The molecular formula is C13H18N2O5. The van der Waals surface area contributed by atoms with Gasteiger partial charge in [0.2, 0.25) is 0 Å². The maximum Gasteiger partial charge on any atom is 0.311 e. The zero-order chi connectivity index (χ0) is 15.1. The Morgan fingerprint density at radius 3 is 2.80 bits per heavy atom. The first-order valence-corrected chi connectivity index (χ1v) is 6.33. The van der Waals surface area contributed by atoms with Crippen LogP contribution in [0.2, 0.25) is 0 Å². The zero-order valence-corrected chi connectivity index (χ0v) is 11.5. The van der Waals surface area contributed by atoms with E-state index in [9.17, 15) is 14.9 Å². The number of nitrogens with zero attached hydrogens (tertiary/aromatic N) is 1. The second kappa shape index (κ2) is 7.32. The average molecular weight is 282 g/mol. The second-order valence-electron chi connectivity index (χ2n) is 4.35. The largest absolute Gasteiger partial charge is 0.487 e. The average Bonchev–Trinajstić information content (AvgIpc) is 2.36. The molecule has 1 unspecified atom stereocenters. The fourth-order valence-electron chi connectivity index (χ4n) is 1.72. The number of benzene rings is 1. The van der Waals surface area contributed by atoms with Crippen LogP contribution in [0.4, 0.5) is 11.4 Å². The first kappa shape index (κ1) is 15.7. The van der Waals surface area contributed by atoms with Crippen LogP contribution in [-0.4, -0.2) is 28.6 Å². The molecule has 0 heterocycles. The summed E-state index contributed by atoms with van der Waals surface area (Å²) in [4.78, 5) is 20.8. The molecule has 1 rings (SSSR count). The van der Waals surface area contributed by atoms with E-state index in [-0.39, 0.29) is 23.9 Å². The third-order valence-corrected chi connectivity index (χ3v) is 2.66. The number of hydrogen-bond donors (Lipinski definition) is 2. The highest BCUT2D eigenvalue weighted by molar-refractivity contribution is 5.66. The molecule has 0 fully saturated rings. The molecule has 1 atom stereocenters. The Balaban J connectivity index is 2.78. The summed E-state index contributed by atoms with van der Waals surface area (Å²) >= 11 is 0. The van der Waals surface area contributed by atoms with E-state index in [1.807, 2.05) is 6.92 Å². The van der Waals surface area contributed by atoms with E-state index in [1.54, 1.807) is 19.1 Å². The summed E-state index contributed by atoms with van der Waals surface area (Å²) in [5.74, 6) is -0.648. The summed E-state index contributed by atoms with van der Waals surface area (Å²) in [6.07, 6.45) is 0.537. The number of nitro benzene ring substituents is 1. The lowest BCUT2D eigenvalue weighted by Gasteiger charge is -2.15. The third kappa shape index (κ3) is 4.75. The van der Waals surface area contributed by atoms with Gasteiger partial charge in [0.25, 0.3) is 0 Å². The Kier molecular flexibility index (Phi) is 5.76. The van der Waals surface area contributed by atoms with Crippen LogP contribution in [0.1, 0.15) is 26.7 Å². The molecule has 0 aliphatic rings. The molecule has 2 N–H and O–H groups in total. The van der Waals surface area contributed by atoms with Crippen LogP contribution in [0.25, 0.3) is 0 Å². The summed E-state index contributed by atoms with van der Waals surface area (Å²) in [5.41, 5.74) is 0.576. The van der Waals surface area contributed by atoms with Crippen LogP contribution in [0.5, 0.6) is 5.75 Å². The molecule has 110 valence electrons. The van der Waals surface area contributed by atoms with E-state index in [2.05, 4.69) is 5.32 Å². The van der Waals surface area contributed by atoms with Crippen molar-refractivity contribution in [2.24, 2.45) is 0 Å². The van der Waals surface area contributed by atoms with Crippen LogP contribution in [-0.2, 0) is 4.79 Å². The van der Waals surface area contributed by atoms with Gasteiger partial charge < -0.3 is 15.2 Å². The molecular weight excluding hydrogens is 264 g/mol. The summed E-state index contributed by atoms with van der Waals surface area (Å²) in [7, 11) is 0. The highest BCUT2D eigenvalue weighted by Crippen LogP contribution is 2.30. The number of carbonyl (C=O) groups is 1. The van der Waals surface area contributed by atoms with Crippen molar-refractivity contribution in [3.05, 3.63) is 28.3 Å². The number of aliphatic carboxylic acids is 1. The lowest BCUT2D eigenvalue weighted by molar-refractivity contribution is -0.385. The number of nitro groups is 1. The van der Waals surface area contributed by atoms with Crippen molar-refractivity contribution in [1.29, 1.82) is 0 Å². The zero-order valence-electron chi connectivity index (χ0n) is 11.5. The van der Waals surface area contributed by atoms with Crippen molar-refractivity contribution < 1.29 is 19.6 Å². The van der Waals surface area contributed by atoms with Crippen molar-refractivity contribution in [3.8, 4) is 5.75 Å². The fourth-order valence-corrected chi connectivity index (χ4v) is 1.72. The lowest BCUT2D eigenvalue weighted by atomic mass is 10.1. The fraction of sp³-hybridized carbons (Fsp3) is 0.462. The van der Waals surface area contributed by atoms with E-state index in [1.165, 1.54) is 6.07 Å². The molecule has 7 nitrogen and oxygen atoms in total. The van der Waals surface area contributed by atoms with Crippen LogP contribution in [0.15, 0.2) is 18.2 Å². The molecule has 0 radical (unpaired) electrons. The monoisotopic (exact) mass is 282 g/mol. The van der Waals surface area contributed by atoms with Crippen LogP contribution in [0, 0.1) is 10.1 Å². The van der Waals surface area contributed by atoms with Gasteiger partial charge in [0.1, 0.15) is 0 Å². The Hall–Kier alpha value is -2.31. The van der Waals surface area contributed by atoms with Gasteiger partial charge in [-0.15, -0.1) is 0 Å². The molecule has 0 saturated heterocycles. The van der Waals surface area contributed by atoms with Gasteiger partial charge in [-0.05, 0) is 26.3 Å². The summed E-state index contributed by atoms with van der Waals surface area (Å²) in [6, 6.07) is 4.45. The second-order valence-corrected chi connectivity index (χ2v) is 4.35. The van der Waals surface area contributed by atoms with E-state index in [4.69, 9.17) is 9.84 Å². The van der Waals surface area contributed by atoms with E-state index in [0.29, 0.717) is 18.7 Å². The number of carboxylic acid groups (broad SMARTS) is 1. The molecule has 0 bridgehead atoms.